The zero-order chi connectivity index (χ0) is 15.6. The Bertz CT molecular complexity index is 778. The van der Waals surface area contributed by atoms with Gasteiger partial charge >= 0.3 is 0 Å². The third-order valence-corrected chi connectivity index (χ3v) is 5.06. The summed E-state index contributed by atoms with van der Waals surface area (Å²) in [6.45, 7) is 1.92. The molecule has 2 aromatic carbocycles. The summed E-state index contributed by atoms with van der Waals surface area (Å²) in [7, 11) is -2.40. The Balaban J connectivity index is 2.45. The molecular weight excluding hydrogens is 378 g/mol. The number of methoxy groups -OCH3 is 1. The molecular formula is C14H13BrClNO3S. The topological polar surface area (TPSA) is 55.4 Å². The molecule has 0 amide bonds. The summed E-state index contributed by atoms with van der Waals surface area (Å²) in [5, 5.41) is 0.319. The van der Waals surface area contributed by atoms with Gasteiger partial charge in [0, 0.05) is 9.50 Å². The molecule has 7 heteroatoms. The van der Waals surface area contributed by atoms with Crippen molar-refractivity contribution in [2.45, 2.75) is 11.8 Å². The molecule has 112 valence electrons. The average molecular weight is 391 g/mol. The van der Waals surface area contributed by atoms with E-state index in [1.807, 2.05) is 19.1 Å². The van der Waals surface area contributed by atoms with Crippen molar-refractivity contribution in [3.8, 4) is 5.75 Å². The Morgan fingerprint density at radius 1 is 1.19 bits per heavy atom. The van der Waals surface area contributed by atoms with E-state index in [-0.39, 0.29) is 10.6 Å². The van der Waals surface area contributed by atoms with Gasteiger partial charge in [0.25, 0.3) is 10.0 Å². The first-order valence-electron chi connectivity index (χ1n) is 5.96. The maximum absolute atomic E-state index is 12.5. The van der Waals surface area contributed by atoms with Crippen LogP contribution in [0.25, 0.3) is 0 Å². The molecule has 0 atom stereocenters. The Kier molecular flexibility index (Phi) is 4.81. The molecule has 0 saturated carbocycles. The smallest absolute Gasteiger partial charge is 0.265 e. The lowest BCUT2D eigenvalue weighted by molar-refractivity contribution is 0.403. The van der Waals surface area contributed by atoms with E-state index in [1.54, 1.807) is 12.1 Å². The molecule has 0 unspecified atom stereocenters. The van der Waals surface area contributed by atoms with Gasteiger partial charge in [-0.05, 0) is 58.7 Å². The molecule has 2 aromatic rings. The number of benzene rings is 2. The molecule has 0 radical (unpaired) electrons. The molecule has 0 saturated heterocycles. The van der Waals surface area contributed by atoms with Crippen molar-refractivity contribution in [1.82, 2.24) is 0 Å². The standard InChI is InChI=1S/C14H13BrClNO3S/c1-9-3-5-12(11(15)7-9)17-21(18,19)14-8-10(16)4-6-13(14)20-2/h3-8,17H,1-2H3. The number of halogens is 2. The summed E-state index contributed by atoms with van der Waals surface area (Å²) < 4.78 is 33.3. The minimum absolute atomic E-state index is 0.00928. The van der Waals surface area contributed by atoms with Gasteiger partial charge in [0.05, 0.1) is 12.8 Å². The zero-order valence-electron chi connectivity index (χ0n) is 11.4. The lowest BCUT2D eigenvalue weighted by Crippen LogP contribution is -2.14. The van der Waals surface area contributed by atoms with Crippen LogP contribution in [0, 0.1) is 6.92 Å². The predicted octanol–water partition coefficient (Wildman–Crippen LogP) is 4.22. The highest BCUT2D eigenvalue weighted by atomic mass is 79.9. The molecule has 0 aliphatic carbocycles. The highest BCUT2D eigenvalue weighted by Gasteiger charge is 2.21. The molecule has 2 rings (SSSR count). The van der Waals surface area contributed by atoms with Crippen LogP contribution in [-0.2, 0) is 10.0 Å². The quantitative estimate of drug-likeness (QED) is 0.850. The Morgan fingerprint density at radius 2 is 1.90 bits per heavy atom. The minimum atomic E-state index is -3.80. The molecule has 21 heavy (non-hydrogen) atoms. The number of nitrogens with one attached hydrogen (secondary N) is 1. The van der Waals surface area contributed by atoms with Crippen LogP contribution >= 0.6 is 27.5 Å². The number of anilines is 1. The largest absolute Gasteiger partial charge is 0.495 e. The summed E-state index contributed by atoms with van der Waals surface area (Å²) in [5.74, 6) is 0.232. The van der Waals surface area contributed by atoms with Crippen LogP contribution in [0.2, 0.25) is 5.02 Å². The van der Waals surface area contributed by atoms with Crippen molar-refractivity contribution < 1.29 is 13.2 Å². The monoisotopic (exact) mass is 389 g/mol. The van der Waals surface area contributed by atoms with E-state index in [2.05, 4.69) is 20.7 Å². The summed E-state index contributed by atoms with van der Waals surface area (Å²) in [6, 6.07) is 9.77. The average Bonchev–Trinajstić information content (AvgIpc) is 2.42. The molecule has 0 aromatic heterocycles. The molecule has 0 aliphatic rings. The lowest BCUT2D eigenvalue weighted by atomic mass is 10.2. The van der Waals surface area contributed by atoms with E-state index in [0.29, 0.717) is 15.2 Å². The highest BCUT2D eigenvalue weighted by molar-refractivity contribution is 9.10. The first-order chi connectivity index (χ1) is 9.83. The normalized spacial score (nSPS) is 11.2. The van der Waals surface area contributed by atoms with Crippen LogP contribution in [0.15, 0.2) is 45.8 Å². The van der Waals surface area contributed by atoms with E-state index in [4.69, 9.17) is 16.3 Å². The van der Waals surface area contributed by atoms with Crippen LogP contribution in [0.1, 0.15) is 5.56 Å². The second-order valence-corrected chi connectivity index (χ2v) is 7.33. The number of aryl methyl sites for hydroxylation is 1. The van der Waals surface area contributed by atoms with Crippen molar-refractivity contribution >= 4 is 43.2 Å². The predicted molar refractivity (Wildman–Crippen MR) is 87.7 cm³/mol. The fraction of sp³-hybridized carbons (Fsp3) is 0.143. The van der Waals surface area contributed by atoms with Crippen LogP contribution in [0.4, 0.5) is 5.69 Å². The highest BCUT2D eigenvalue weighted by Crippen LogP contribution is 2.31. The maximum atomic E-state index is 12.5. The van der Waals surface area contributed by atoms with Gasteiger partial charge in [-0.3, -0.25) is 4.72 Å². The SMILES string of the molecule is COc1ccc(Cl)cc1S(=O)(=O)Nc1ccc(C)cc1Br. The second kappa shape index (κ2) is 6.25. The van der Waals surface area contributed by atoms with Crippen LogP contribution in [0.3, 0.4) is 0 Å². The molecule has 1 N–H and O–H groups in total. The van der Waals surface area contributed by atoms with Gasteiger partial charge < -0.3 is 4.74 Å². The molecule has 0 spiro atoms. The molecule has 4 nitrogen and oxygen atoms in total. The molecule has 0 aliphatic heterocycles. The Hall–Kier alpha value is -1.24. The fourth-order valence-corrected chi connectivity index (χ4v) is 4.00. The van der Waals surface area contributed by atoms with E-state index in [0.717, 1.165) is 5.56 Å². The lowest BCUT2D eigenvalue weighted by Gasteiger charge is -2.13. The number of hydrogen-bond donors (Lipinski definition) is 1. The van der Waals surface area contributed by atoms with Crippen LogP contribution in [0.5, 0.6) is 5.75 Å². The third kappa shape index (κ3) is 3.70. The number of ether oxygens (including phenoxy) is 1. The molecule has 0 fully saturated rings. The number of rotatable bonds is 4. The van der Waals surface area contributed by atoms with Crippen molar-refractivity contribution in [3.05, 3.63) is 51.5 Å². The van der Waals surface area contributed by atoms with Gasteiger partial charge in [-0.1, -0.05) is 17.7 Å². The van der Waals surface area contributed by atoms with Crippen molar-refractivity contribution in [2.75, 3.05) is 11.8 Å². The van der Waals surface area contributed by atoms with Gasteiger partial charge in [-0.2, -0.15) is 0 Å². The number of hydrogen-bond acceptors (Lipinski definition) is 3. The summed E-state index contributed by atoms with van der Waals surface area (Å²) >= 11 is 9.22. The molecule has 0 bridgehead atoms. The van der Waals surface area contributed by atoms with E-state index >= 15 is 0 Å². The second-order valence-electron chi connectivity index (χ2n) is 4.38. The van der Waals surface area contributed by atoms with E-state index in [1.165, 1.54) is 19.2 Å². The fourth-order valence-electron chi connectivity index (χ4n) is 1.76. The van der Waals surface area contributed by atoms with Gasteiger partial charge in [-0.25, -0.2) is 8.42 Å². The third-order valence-electron chi connectivity index (χ3n) is 2.78. The van der Waals surface area contributed by atoms with Crippen LogP contribution in [-0.4, -0.2) is 15.5 Å². The van der Waals surface area contributed by atoms with Crippen molar-refractivity contribution in [1.29, 1.82) is 0 Å². The summed E-state index contributed by atoms with van der Waals surface area (Å²) in [5.41, 5.74) is 1.47. The first kappa shape index (κ1) is 16.1. The van der Waals surface area contributed by atoms with Gasteiger partial charge in [-0.15, -0.1) is 0 Å². The molecule has 0 heterocycles. The number of sulfonamides is 1. The summed E-state index contributed by atoms with van der Waals surface area (Å²) in [4.78, 5) is -0.00928. The van der Waals surface area contributed by atoms with Gasteiger partial charge in [0.2, 0.25) is 0 Å². The van der Waals surface area contributed by atoms with Crippen LogP contribution < -0.4 is 9.46 Å². The van der Waals surface area contributed by atoms with E-state index in [9.17, 15) is 8.42 Å². The van der Waals surface area contributed by atoms with Crippen molar-refractivity contribution in [2.24, 2.45) is 0 Å². The zero-order valence-corrected chi connectivity index (χ0v) is 14.5. The van der Waals surface area contributed by atoms with Crippen molar-refractivity contribution in [3.63, 3.8) is 0 Å². The Labute approximate surface area is 137 Å². The summed E-state index contributed by atoms with van der Waals surface area (Å²) in [6.07, 6.45) is 0. The minimum Gasteiger partial charge on any atom is -0.495 e. The maximum Gasteiger partial charge on any atom is 0.265 e. The first-order valence-corrected chi connectivity index (χ1v) is 8.61. The van der Waals surface area contributed by atoms with Gasteiger partial charge in [0.15, 0.2) is 0 Å². The van der Waals surface area contributed by atoms with E-state index < -0.39 is 10.0 Å². The van der Waals surface area contributed by atoms with Gasteiger partial charge in [0.1, 0.15) is 10.6 Å². The Morgan fingerprint density at radius 3 is 2.52 bits per heavy atom.